The Morgan fingerprint density at radius 2 is 1.71 bits per heavy atom. The lowest BCUT2D eigenvalue weighted by Crippen LogP contribution is -2.22. The van der Waals surface area contributed by atoms with Gasteiger partial charge in [0.25, 0.3) is 0 Å². The second kappa shape index (κ2) is 7.65. The van der Waals surface area contributed by atoms with E-state index in [2.05, 4.69) is 56.7 Å². The first-order chi connectivity index (χ1) is 13.1. The third-order valence-electron chi connectivity index (χ3n) is 5.89. The summed E-state index contributed by atoms with van der Waals surface area (Å²) in [6.45, 7) is 10.5. The van der Waals surface area contributed by atoms with Crippen LogP contribution in [0.4, 0.5) is 0 Å². The van der Waals surface area contributed by atoms with Crippen LogP contribution in [0.3, 0.4) is 0 Å². The molecule has 0 spiro atoms. The molecule has 0 bridgehead atoms. The molecule has 3 rings (SSSR count). The number of methoxy groups -OCH3 is 1. The number of hydrogen-bond donors (Lipinski definition) is 0. The second-order valence-corrected chi connectivity index (χ2v) is 9.64. The fourth-order valence-electron chi connectivity index (χ4n) is 4.19. The Kier molecular flexibility index (Phi) is 5.60. The van der Waals surface area contributed by atoms with Gasteiger partial charge in [0, 0.05) is 29.1 Å². The lowest BCUT2D eigenvalue weighted by atomic mass is 9.85. The molecule has 1 aliphatic rings. The highest BCUT2D eigenvalue weighted by atomic mass is 16.5. The van der Waals surface area contributed by atoms with Crippen molar-refractivity contribution in [2.45, 2.75) is 65.2 Å². The van der Waals surface area contributed by atoms with Crippen LogP contribution in [-0.2, 0) is 16.6 Å². The number of carbonyl (C=O) groups is 1. The van der Waals surface area contributed by atoms with Gasteiger partial charge < -0.3 is 4.74 Å². The van der Waals surface area contributed by atoms with E-state index in [0.717, 1.165) is 36.4 Å². The lowest BCUT2D eigenvalue weighted by Gasteiger charge is -2.20. The number of Topliss-reactive ketones (excluding diaryl/α,β-unsaturated/α-hetero) is 1. The van der Waals surface area contributed by atoms with E-state index in [1.807, 2.05) is 24.5 Å². The van der Waals surface area contributed by atoms with Crippen molar-refractivity contribution in [2.24, 2.45) is 11.3 Å². The van der Waals surface area contributed by atoms with Gasteiger partial charge in [-0.25, -0.2) is 9.97 Å². The van der Waals surface area contributed by atoms with E-state index in [4.69, 9.17) is 4.74 Å². The fourth-order valence-corrected chi connectivity index (χ4v) is 4.19. The van der Waals surface area contributed by atoms with Gasteiger partial charge in [-0.05, 0) is 48.4 Å². The molecule has 0 amide bonds. The van der Waals surface area contributed by atoms with Crippen LogP contribution >= 0.6 is 0 Å². The molecular formula is C24H32N2O2. The van der Waals surface area contributed by atoms with Crippen molar-refractivity contribution in [3.63, 3.8) is 0 Å². The molecule has 1 saturated carbocycles. The van der Waals surface area contributed by atoms with Crippen molar-refractivity contribution < 1.29 is 9.53 Å². The van der Waals surface area contributed by atoms with Crippen LogP contribution in [0.2, 0.25) is 0 Å². The van der Waals surface area contributed by atoms with Crippen molar-refractivity contribution in [1.29, 1.82) is 0 Å². The highest BCUT2D eigenvalue weighted by Gasteiger charge is 2.47. The first-order valence-corrected chi connectivity index (χ1v) is 10.1. The average Bonchev–Trinajstić information content (AvgIpc) is 2.89. The standard InChI is InChI=1S/C24H32N2O2/c1-23(2,3)22-25-14-17(15-26-22)20-13-24(4,5)21(27)19(20)12-9-16-7-10-18(28-6)11-8-16/h7-8,10-11,14-15,19-20H,9,12-13H2,1-6H3. The Hall–Kier alpha value is -2.23. The van der Waals surface area contributed by atoms with E-state index in [0.29, 0.717) is 5.78 Å². The van der Waals surface area contributed by atoms with Crippen LogP contribution in [0.5, 0.6) is 5.75 Å². The molecule has 0 saturated heterocycles. The molecule has 2 unspecified atom stereocenters. The number of benzene rings is 1. The molecule has 1 aromatic carbocycles. The summed E-state index contributed by atoms with van der Waals surface area (Å²) in [6.07, 6.45) is 6.46. The molecule has 150 valence electrons. The lowest BCUT2D eigenvalue weighted by molar-refractivity contribution is -0.127. The van der Waals surface area contributed by atoms with Gasteiger partial charge in [-0.1, -0.05) is 46.8 Å². The largest absolute Gasteiger partial charge is 0.497 e. The molecule has 28 heavy (non-hydrogen) atoms. The van der Waals surface area contributed by atoms with Gasteiger partial charge in [-0.2, -0.15) is 0 Å². The summed E-state index contributed by atoms with van der Waals surface area (Å²) in [5.41, 5.74) is 1.96. The van der Waals surface area contributed by atoms with Crippen molar-refractivity contribution in [3.8, 4) is 5.75 Å². The normalized spacial score (nSPS) is 21.7. The average molecular weight is 381 g/mol. The van der Waals surface area contributed by atoms with Crippen molar-refractivity contribution in [2.75, 3.05) is 7.11 Å². The minimum Gasteiger partial charge on any atom is -0.497 e. The summed E-state index contributed by atoms with van der Waals surface area (Å²) in [7, 11) is 1.67. The van der Waals surface area contributed by atoms with Crippen LogP contribution in [0, 0.1) is 11.3 Å². The molecule has 2 aromatic rings. The number of ketones is 1. The number of aromatic nitrogens is 2. The summed E-state index contributed by atoms with van der Waals surface area (Å²) < 4.78 is 5.23. The molecule has 1 fully saturated rings. The van der Waals surface area contributed by atoms with Gasteiger partial charge >= 0.3 is 0 Å². The third-order valence-corrected chi connectivity index (χ3v) is 5.89. The van der Waals surface area contributed by atoms with Crippen LogP contribution in [0.15, 0.2) is 36.7 Å². The van der Waals surface area contributed by atoms with Gasteiger partial charge in [0.05, 0.1) is 7.11 Å². The predicted octanol–water partition coefficient (Wildman–Crippen LogP) is 5.11. The van der Waals surface area contributed by atoms with E-state index >= 15 is 0 Å². The van der Waals surface area contributed by atoms with E-state index < -0.39 is 0 Å². The third kappa shape index (κ3) is 4.26. The number of nitrogens with zero attached hydrogens (tertiary/aromatic N) is 2. The van der Waals surface area contributed by atoms with Crippen LogP contribution in [-0.4, -0.2) is 22.9 Å². The minimum absolute atomic E-state index is 0.0150. The molecule has 0 N–H and O–H groups in total. The Bertz CT molecular complexity index is 817. The summed E-state index contributed by atoms with van der Waals surface area (Å²) >= 11 is 0. The van der Waals surface area contributed by atoms with Crippen LogP contribution in [0.25, 0.3) is 0 Å². The monoisotopic (exact) mass is 380 g/mol. The number of carbonyl (C=O) groups excluding carboxylic acids is 1. The zero-order valence-corrected chi connectivity index (χ0v) is 18.0. The number of ether oxygens (including phenoxy) is 1. The van der Waals surface area contributed by atoms with Crippen molar-refractivity contribution >= 4 is 5.78 Å². The second-order valence-electron chi connectivity index (χ2n) is 9.64. The molecule has 2 atom stereocenters. The van der Waals surface area contributed by atoms with Gasteiger partial charge in [-0.15, -0.1) is 0 Å². The summed E-state index contributed by atoms with van der Waals surface area (Å²) in [5.74, 6) is 2.27. The minimum atomic E-state index is -0.294. The van der Waals surface area contributed by atoms with Crippen molar-refractivity contribution in [3.05, 3.63) is 53.6 Å². The zero-order valence-electron chi connectivity index (χ0n) is 18.0. The first kappa shape index (κ1) is 20.5. The molecular weight excluding hydrogens is 348 g/mol. The Morgan fingerprint density at radius 3 is 2.25 bits per heavy atom. The van der Waals surface area contributed by atoms with E-state index in [9.17, 15) is 4.79 Å². The zero-order chi connectivity index (χ0) is 20.5. The molecule has 1 heterocycles. The topological polar surface area (TPSA) is 52.1 Å². The molecule has 0 radical (unpaired) electrons. The smallest absolute Gasteiger partial charge is 0.142 e. The maximum absolute atomic E-state index is 13.1. The molecule has 4 nitrogen and oxygen atoms in total. The first-order valence-electron chi connectivity index (χ1n) is 10.1. The van der Waals surface area contributed by atoms with Gasteiger partial charge in [0.15, 0.2) is 0 Å². The Morgan fingerprint density at radius 1 is 1.11 bits per heavy atom. The maximum atomic E-state index is 13.1. The Balaban J connectivity index is 1.79. The highest BCUT2D eigenvalue weighted by Crippen LogP contribution is 2.48. The van der Waals surface area contributed by atoms with E-state index in [1.54, 1.807) is 7.11 Å². The molecule has 1 aliphatic carbocycles. The van der Waals surface area contributed by atoms with Crippen molar-refractivity contribution in [1.82, 2.24) is 9.97 Å². The van der Waals surface area contributed by atoms with E-state index in [1.165, 1.54) is 5.56 Å². The fraction of sp³-hybridized carbons (Fsp3) is 0.542. The molecule has 0 aliphatic heterocycles. The quantitative estimate of drug-likeness (QED) is 0.723. The maximum Gasteiger partial charge on any atom is 0.142 e. The molecule has 1 aromatic heterocycles. The summed E-state index contributed by atoms with van der Waals surface area (Å²) in [4.78, 5) is 22.3. The van der Waals surface area contributed by atoms with Crippen LogP contribution < -0.4 is 4.74 Å². The number of aryl methyl sites for hydroxylation is 1. The predicted molar refractivity (Wildman–Crippen MR) is 112 cm³/mol. The van der Waals surface area contributed by atoms with Crippen LogP contribution in [0.1, 0.15) is 70.3 Å². The van der Waals surface area contributed by atoms with Gasteiger partial charge in [0.1, 0.15) is 17.4 Å². The number of hydrogen-bond acceptors (Lipinski definition) is 4. The van der Waals surface area contributed by atoms with E-state index in [-0.39, 0.29) is 22.7 Å². The Labute approximate surface area is 168 Å². The summed E-state index contributed by atoms with van der Waals surface area (Å²) in [5, 5.41) is 0. The summed E-state index contributed by atoms with van der Waals surface area (Å²) in [6, 6.07) is 8.12. The SMILES string of the molecule is COc1ccc(CCC2C(=O)C(C)(C)CC2c2cnc(C(C)(C)C)nc2)cc1. The molecule has 4 heteroatoms. The van der Waals surface area contributed by atoms with Gasteiger partial charge in [-0.3, -0.25) is 4.79 Å². The van der Waals surface area contributed by atoms with Gasteiger partial charge in [0.2, 0.25) is 0 Å². The highest BCUT2D eigenvalue weighted by molar-refractivity contribution is 5.89. The number of rotatable bonds is 5.